The predicted molar refractivity (Wildman–Crippen MR) is 93.2 cm³/mol. The minimum Gasteiger partial charge on any atom is -0.744 e. The zero-order valence-corrected chi connectivity index (χ0v) is 16.1. The van der Waals surface area contributed by atoms with Gasteiger partial charge in [-0.2, -0.15) is 0 Å². The Morgan fingerprint density at radius 1 is 1.00 bits per heavy atom. The van der Waals surface area contributed by atoms with Gasteiger partial charge >= 0.3 is 0 Å². The highest BCUT2D eigenvalue weighted by Crippen LogP contribution is 2.28. The minimum absolute atomic E-state index is 0.00328. The van der Waals surface area contributed by atoms with E-state index in [4.69, 9.17) is 4.74 Å². The molecule has 154 valence electrons. The summed E-state index contributed by atoms with van der Waals surface area (Å²) < 4.78 is 93.1. The van der Waals surface area contributed by atoms with E-state index in [9.17, 15) is 30.5 Å². The lowest BCUT2D eigenvalue weighted by molar-refractivity contribution is 0.307. The molecular formula is C19H19F4O4S-. The van der Waals surface area contributed by atoms with Crippen LogP contribution in [0.5, 0.6) is 5.75 Å². The summed E-state index contributed by atoms with van der Waals surface area (Å²) in [6.45, 7) is 4.16. The van der Waals surface area contributed by atoms with Gasteiger partial charge < -0.3 is 9.29 Å². The summed E-state index contributed by atoms with van der Waals surface area (Å²) in [5, 5.41) is 0. The minimum atomic E-state index is -5.70. The van der Waals surface area contributed by atoms with Crippen molar-refractivity contribution in [2.24, 2.45) is 0 Å². The standard InChI is InChI=1S/C19H20F4O4S/c1-3-11(2)12-6-8-13(9-7-12)27-10-4-5-14-15(20)17(22)19(28(24,25)26)18(23)16(14)21/h6-9,11H,3-5,10H2,1-2H3,(H,24,25,26)/p-1. The molecule has 0 heterocycles. The maximum absolute atomic E-state index is 13.9. The fourth-order valence-electron chi connectivity index (χ4n) is 2.66. The first-order valence-electron chi connectivity index (χ1n) is 8.61. The SMILES string of the molecule is CCC(C)c1ccc(OCCCc2c(F)c(F)c(S(=O)(=O)[O-])c(F)c2F)cc1. The number of ether oxygens (including phenoxy) is 1. The molecular weight excluding hydrogens is 400 g/mol. The van der Waals surface area contributed by atoms with E-state index in [1.807, 2.05) is 12.1 Å². The highest BCUT2D eigenvalue weighted by molar-refractivity contribution is 7.85. The molecule has 0 N–H and O–H groups in total. The van der Waals surface area contributed by atoms with E-state index in [2.05, 4.69) is 13.8 Å². The van der Waals surface area contributed by atoms with Crippen molar-refractivity contribution < 1.29 is 35.3 Å². The maximum Gasteiger partial charge on any atom is 0.179 e. The van der Waals surface area contributed by atoms with E-state index in [-0.39, 0.29) is 13.0 Å². The van der Waals surface area contributed by atoms with Crippen molar-refractivity contribution in [3.05, 3.63) is 58.7 Å². The smallest absolute Gasteiger partial charge is 0.179 e. The molecule has 1 atom stereocenters. The molecule has 0 aliphatic carbocycles. The summed E-state index contributed by atoms with van der Waals surface area (Å²) >= 11 is 0. The Morgan fingerprint density at radius 2 is 1.54 bits per heavy atom. The summed E-state index contributed by atoms with van der Waals surface area (Å²) in [7, 11) is -5.70. The van der Waals surface area contributed by atoms with Gasteiger partial charge in [0.2, 0.25) is 0 Å². The topological polar surface area (TPSA) is 66.4 Å². The van der Waals surface area contributed by atoms with Crippen LogP contribution >= 0.6 is 0 Å². The molecule has 1 unspecified atom stereocenters. The van der Waals surface area contributed by atoms with E-state index < -0.39 is 50.3 Å². The van der Waals surface area contributed by atoms with Crippen LogP contribution in [0.4, 0.5) is 17.6 Å². The van der Waals surface area contributed by atoms with Crippen LogP contribution in [0.1, 0.15) is 43.7 Å². The third-order valence-corrected chi connectivity index (χ3v) is 5.32. The molecule has 0 saturated heterocycles. The fraction of sp³-hybridized carbons (Fsp3) is 0.368. The largest absolute Gasteiger partial charge is 0.744 e. The van der Waals surface area contributed by atoms with Crippen LogP contribution in [0.3, 0.4) is 0 Å². The Kier molecular flexibility index (Phi) is 7.06. The summed E-state index contributed by atoms with van der Waals surface area (Å²) in [6.07, 6.45) is 0.538. The third kappa shape index (κ3) is 4.82. The molecule has 0 saturated carbocycles. The van der Waals surface area contributed by atoms with E-state index in [0.29, 0.717) is 11.7 Å². The Bertz CT molecular complexity index is 914. The van der Waals surface area contributed by atoms with Crippen LogP contribution in [-0.2, 0) is 16.5 Å². The number of hydrogen-bond donors (Lipinski definition) is 0. The van der Waals surface area contributed by atoms with E-state index >= 15 is 0 Å². The van der Waals surface area contributed by atoms with Crippen molar-refractivity contribution in [1.29, 1.82) is 0 Å². The summed E-state index contributed by atoms with van der Waals surface area (Å²) in [5.74, 6) is -7.31. The van der Waals surface area contributed by atoms with Gasteiger partial charge in [0, 0.05) is 5.56 Å². The molecule has 28 heavy (non-hydrogen) atoms. The molecule has 0 aliphatic heterocycles. The second-order valence-corrected chi connectivity index (χ2v) is 7.66. The number of rotatable bonds is 8. The van der Waals surface area contributed by atoms with Crippen molar-refractivity contribution >= 4 is 10.1 Å². The third-order valence-electron chi connectivity index (χ3n) is 4.47. The van der Waals surface area contributed by atoms with Crippen LogP contribution in [0.15, 0.2) is 29.2 Å². The monoisotopic (exact) mass is 419 g/mol. The van der Waals surface area contributed by atoms with Gasteiger partial charge in [-0.15, -0.1) is 0 Å². The molecule has 0 amide bonds. The lowest BCUT2D eigenvalue weighted by Gasteiger charge is -2.14. The van der Waals surface area contributed by atoms with E-state index in [0.717, 1.165) is 12.0 Å². The first kappa shape index (κ1) is 22.2. The van der Waals surface area contributed by atoms with Gasteiger partial charge in [0.1, 0.15) is 20.8 Å². The van der Waals surface area contributed by atoms with Crippen LogP contribution in [-0.4, -0.2) is 19.6 Å². The van der Waals surface area contributed by atoms with Gasteiger partial charge in [-0.05, 0) is 42.9 Å². The molecule has 0 spiro atoms. The molecule has 2 aromatic carbocycles. The molecule has 2 aromatic rings. The lowest BCUT2D eigenvalue weighted by atomic mass is 9.99. The van der Waals surface area contributed by atoms with Gasteiger partial charge in [0.15, 0.2) is 23.3 Å². The van der Waals surface area contributed by atoms with Crippen molar-refractivity contribution in [1.82, 2.24) is 0 Å². The predicted octanol–water partition coefficient (Wildman–Crippen LogP) is 4.67. The lowest BCUT2D eigenvalue weighted by Crippen LogP contribution is -2.14. The van der Waals surface area contributed by atoms with Crippen molar-refractivity contribution in [3.8, 4) is 5.75 Å². The van der Waals surface area contributed by atoms with Gasteiger partial charge in [-0.3, -0.25) is 0 Å². The zero-order valence-electron chi connectivity index (χ0n) is 15.3. The van der Waals surface area contributed by atoms with Crippen LogP contribution in [0, 0.1) is 23.3 Å². The molecule has 0 radical (unpaired) electrons. The van der Waals surface area contributed by atoms with Crippen LogP contribution in [0.25, 0.3) is 0 Å². The zero-order chi connectivity index (χ0) is 21.1. The Hall–Kier alpha value is -2.13. The highest BCUT2D eigenvalue weighted by Gasteiger charge is 2.28. The van der Waals surface area contributed by atoms with Gasteiger partial charge in [-0.25, -0.2) is 26.0 Å². The second-order valence-electron chi connectivity index (χ2n) is 6.35. The second kappa shape index (κ2) is 8.91. The molecule has 9 heteroatoms. The van der Waals surface area contributed by atoms with E-state index in [1.165, 1.54) is 0 Å². The van der Waals surface area contributed by atoms with Crippen molar-refractivity contribution in [3.63, 3.8) is 0 Å². The van der Waals surface area contributed by atoms with E-state index in [1.54, 1.807) is 12.1 Å². The normalized spacial score (nSPS) is 12.8. The van der Waals surface area contributed by atoms with Gasteiger partial charge in [-0.1, -0.05) is 26.0 Å². The average Bonchev–Trinajstić information content (AvgIpc) is 2.64. The van der Waals surface area contributed by atoms with Crippen LogP contribution < -0.4 is 4.74 Å². The summed E-state index contributed by atoms with van der Waals surface area (Å²) in [4.78, 5) is -2.15. The molecule has 0 aromatic heterocycles. The first-order valence-corrected chi connectivity index (χ1v) is 10.0. The molecule has 0 aliphatic rings. The summed E-state index contributed by atoms with van der Waals surface area (Å²) in [6, 6.07) is 7.29. The molecule has 2 rings (SSSR count). The number of hydrogen-bond acceptors (Lipinski definition) is 4. The highest BCUT2D eigenvalue weighted by atomic mass is 32.2. The van der Waals surface area contributed by atoms with Gasteiger partial charge in [0.05, 0.1) is 6.61 Å². The Morgan fingerprint density at radius 3 is 2.00 bits per heavy atom. The van der Waals surface area contributed by atoms with Crippen molar-refractivity contribution in [2.45, 2.75) is 43.9 Å². The fourth-order valence-corrected chi connectivity index (χ4v) is 3.28. The first-order chi connectivity index (χ1) is 13.1. The summed E-state index contributed by atoms with van der Waals surface area (Å²) in [5.41, 5.74) is 0.163. The number of benzene rings is 2. The Labute approximate surface area is 160 Å². The van der Waals surface area contributed by atoms with Gasteiger partial charge in [0.25, 0.3) is 0 Å². The maximum atomic E-state index is 13.9. The molecule has 0 bridgehead atoms. The van der Waals surface area contributed by atoms with Crippen LogP contribution in [0.2, 0.25) is 0 Å². The average molecular weight is 419 g/mol. The molecule has 4 nitrogen and oxygen atoms in total. The Balaban J connectivity index is 2.06. The number of halogens is 4. The van der Waals surface area contributed by atoms with Crippen molar-refractivity contribution in [2.75, 3.05) is 6.61 Å². The molecule has 0 fully saturated rings. The quantitative estimate of drug-likeness (QED) is 0.270.